The summed E-state index contributed by atoms with van der Waals surface area (Å²) >= 11 is 9.29. The molecule has 2 N–H and O–H groups in total. The quantitative estimate of drug-likeness (QED) is 0.354. The van der Waals surface area contributed by atoms with Crippen molar-refractivity contribution < 1.29 is 4.92 Å². The summed E-state index contributed by atoms with van der Waals surface area (Å²) < 4.78 is 1.21. The van der Waals surface area contributed by atoms with Crippen LogP contribution in [0, 0.1) is 10.1 Å². The van der Waals surface area contributed by atoms with Gasteiger partial charge in [0, 0.05) is 4.47 Å². The van der Waals surface area contributed by atoms with E-state index in [9.17, 15) is 10.1 Å². The summed E-state index contributed by atoms with van der Waals surface area (Å²) in [5.41, 5.74) is 5.77. The van der Waals surface area contributed by atoms with Crippen LogP contribution in [0.1, 0.15) is 0 Å². The standard InChI is InChI=1S/C6H3Br3N2O2/c7-2-1-3(10)5(9)6(4(2)8)11(12)13/h1H,10H2. The molecule has 0 saturated carbocycles. The van der Waals surface area contributed by atoms with E-state index < -0.39 is 4.92 Å². The molecule has 0 aromatic heterocycles. The van der Waals surface area contributed by atoms with Crippen molar-refractivity contribution in [3.05, 3.63) is 29.6 Å². The highest BCUT2D eigenvalue weighted by molar-refractivity contribution is 9.13. The molecule has 0 fully saturated rings. The highest BCUT2D eigenvalue weighted by atomic mass is 79.9. The van der Waals surface area contributed by atoms with E-state index >= 15 is 0 Å². The van der Waals surface area contributed by atoms with Crippen molar-refractivity contribution in [3.63, 3.8) is 0 Å². The Hall–Kier alpha value is -0.140. The maximum atomic E-state index is 10.6. The van der Waals surface area contributed by atoms with Gasteiger partial charge in [-0.25, -0.2) is 0 Å². The van der Waals surface area contributed by atoms with Gasteiger partial charge in [0.25, 0.3) is 0 Å². The van der Waals surface area contributed by atoms with Gasteiger partial charge >= 0.3 is 5.69 Å². The Labute approximate surface area is 99.0 Å². The molecule has 0 unspecified atom stereocenters. The lowest BCUT2D eigenvalue weighted by molar-refractivity contribution is -0.386. The fraction of sp³-hybridized carbons (Fsp3) is 0. The fourth-order valence-corrected chi connectivity index (χ4v) is 2.39. The molecule has 1 aromatic carbocycles. The van der Waals surface area contributed by atoms with Crippen molar-refractivity contribution in [2.45, 2.75) is 0 Å². The Morgan fingerprint density at radius 1 is 1.31 bits per heavy atom. The van der Waals surface area contributed by atoms with Crippen LogP contribution in [0.2, 0.25) is 0 Å². The van der Waals surface area contributed by atoms with Crippen LogP contribution in [0.15, 0.2) is 19.5 Å². The second kappa shape index (κ2) is 3.93. The van der Waals surface area contributed by atoms with Gasteiger partial charge in [-0.3, -0.25) is 10.1 Å². The Morgan fingerprint density at radius 2 is 1.85 bits per heavy atom. The summed E-state index contributed by atoms with van der Waals surface area (Å²) in [4.78, 5) is 10.1. The molecule has 0 atom stereocenters. The third-order valence-corrected chi connectivity index (χ3v) is 4.14. The molecule has 0 radical (unpaired) electrons. The van der Waals surface area contributed by atoms with Crippen LogP contribution >= 0.6 is 47.8 Å². The molecule has 0 saturated heterocycles. The van der Waals surface area contributed by atoms with Gasteiger partial charge < -0.3 is 5.73 Å². The first kappa shape index (κ1) is 10.9. The summed E-state index contributed by atoms with van der Waals surface area (Å²) in [5.74, 6) is 0. The SMILES string of the molecule is Nc1cc(Br)c(Br)c([N+](=O)[O-])c1Br. The number of halogens is 3. The van der Waals surface area contributed by atoms with E-state index in [1.165, 1.54) is 0 Å². The number of nitro benzene ring substituents is 1. The lowest BCUT2D eigenvalue weighted by atomic mass is 10.3. The first-order chi connectivity index (χ1) is 5.95. The molecule has 13 heavy (non-hydrogen) atoms. The Kier molecular flexibility index (Phi) is 3.31. The zero-order valence-corrected chi connectivity index (χ0v) is 10.8. The average Bonchev–Trinajstić information content (AvgIpc) is 2.01. The number of nitro groups is 1. The monoisotopic (exact) mass is 372 g/mol. The van der Waals surface area contributed by atoms with Gasteiger partial charge in [0.1, 0.15) is 8.95 Å². The molecule has 0 heterocycles. The molecule has 0 aliphatic heterocycles. The van der Waals surface area contributed by atoms with Crippen molar-refractivity contribution in [2.75, 3.05) is 5.73 Å². The molecule has 7 heteroatoms. The molecule has 1 aromatic rings. The van der Waals surface area contributed by atoms with Gasteiger partial charge in [-0.15, -0.1) is 0 Å². The summed E-state index contributed by atoms with van der Waals surface area (Å²) in [6.07, 6.45) is 0. The summed E-state index contributed by atoms with van der Waals surface area (Å²) in [7, 11) is 0. The van der Waals surface area contributed by atoms with Crippen LogP contribution in [0.3, 0.4) is 0 Å². The van der Waals surface area contributed by atoms with E-state index in [0.717, 1.165) is 0 Å². The topological polar surface area (TPSA) is 69.2 Å². The molecule has 70 valence electrons. The predicted molar refractivity (Wildman–Crippen MR) is 60.6 cm³/mol. The molecule has 1 rings (SSSR count). The van der Waals surface area contributed by atoms with Crippen LogP contribution in [-0.4, -0.2) is 4.92 Å². The smallest absolute Gasteiger partial charge is 0.300 e. The Morgan fingerprint density at radius 3 is 2.31 bits per heavy atom. The minimum atomic E-state index is -0.505. The zero-order valence-electron chi connectivity index (χ0n) is 6.05. The van der Waals surface area contributed by atoms with E-state index in [2.05, 4.69) is 47.8 Å². The van der Waals surface area contributed by atoms with Crippen LogP contribution in [0.4, 0.5) is 11.4 Å². The number of anilines is 1. The molecule has 0 aliphatic carbocycles. The van der Waals surface area contributed by atoms with E-state index in [0.29, 0.717) is 14.6 Å². The summed E-state index contributed by atoms with van der Waals surface area (Å²) in [6.45, 7) is 0. The number of hydrogen-bond donors (Lipinski definition) is 1. The number of nitrogens with two attached hydrogens (primary N) is 1. The van der Waals surface area contributed by atoms with Crippen molar-refractivity contribution in [1.29, 1.82) is 0 Å². The molecule has 0 amide bonds. The maximum Gasteiger partial charge on any atom is 0.300 e. The fourth-order valence-electron chi connectivity index (χ4n) is 0.770. The van der Waals surface area contributed by atoms with Gasteiger partial charge in [-0.2, -0.15) is 0 Å². The van der Waals surface area contributed by atoms with Crippen molar-refractivity contribution in [3.8, 4) is 0 Å². The first-order valence-electron chi connectivity index (χ1n) is 3.02. The van der Waals surface area contributed by atoms with Crippen molar-refractivity contribution in [1.82, 2.24) is 0 Å². The second-order valence-electron chi connectivity index (χ2n) is 2.18. The number of benzene rings is 1. The highest BCUT2D eigenvalue weighted by Crippen LogP contribution is 2.41. The van der Waals surface area contributed by atoms with E-state index in [4.69, 9.17) is 5.73 Å². The second-order valence-corrected chi connectivity index (χ2v) is 4.62. The van der Waals surface area contributed by atoms with Gasteiger partial charge in [0.05, 0.1) is 10.6 Å². The molecular weight excluding hydrogens is 372 g/mol. The first-order valence-corrected chi connectivity index (χ1v) is 5.40. The summed E-state index contributed by atoms with van der Waals surface area (Å²) in [5, 5.41) is 10.6. The number of nitrogens with zero attached hydrogens (tertiary/aromatic N) is 1. The summed E-state index contributed by atoms with van der Waals surface area (Å²) in [6, 6.07) is 1.58. The van der Waals surface area contributed by atoms with E-state index in [1.807, 2.05) is 0 Å². The van der Waals surface area contributed by atoms with Crippen molar-refractivity contribution in [2.24, 2.45) is 0 Å². The third-order valence-electron chi connectivity index (χ3n) is 1.34. The minimum Gasteiger partial charge on any atom is -0.398 e. The highest BCUT2D eigenvalue weighted by Gasteiger charge is 2.21. The van der Waals surface area contributed by atoms with Crippen LogP contribution < -0.4 is 5.73 Å². The lowest BCUT2D eigenvalue weighted by Crippen LogP contribution is -1.96. The third kappa shape index (κ3) is 2.03. The molecule has 0 bridgehead atoms. The average molecular weight is 375 g/mol. The van der Waals surface area contributed by atoms with Crippen LogP contribution in [-0.2, 0) is 0 Å². The Balaban J connectivity index is 3.56. The molecule has 4 nitrogen and oxygen atoms in total. The van der Waals surface area contributed by atoms with Crippen molar-refractivity contribution >= 4 is 59.2 Å². The van der Waals surface area contributed by atoms with Gasteiger partial charge in [0.2, 0.25) is 0 Å². The van der Waals surface area contributed by atoms with Crippen LogP contribution in [0.25, 0.3) is 0 Å². The normalized spacial score (nSPS) is 10.1. The van der Waals surface area contributed by atoms with Gasteiger partial charge in [0.15, 0.2) is 0 Å². The lowest BCUT2D eigenvalue weighted by Gasteiger charge is -2.03. The number of hydrogen-bond acceptors (Lipinski definition) is 3. The molecular formula is C6H3Br3N2O2. The van der Waals surface area contributed by atoms with Crippen LogP contribution in [0.5, 0.6) is 0 Å². The van der Waals surface area contributed by atoms with E-state index in [1.54, 1.807) is 6.07 Å². The number of nitrogen functional groups attached to an aromatic ring is 1. The van der Waals surface area contributed by atoms with Gasteiger partial charge in [-0.1, -0.05) is 0 Å². The largest absolute Gasteiger partial charge is 0.398 e. The van der Waals surface area contributed by atoms with Gasteiger partial charge in [-0.05, 0) is 53.9 Å². The maximum absolute atomic E-state index is 10.6. The van der Waals surface area contributed by atoms with E-state index in [-0.39, 0.29) is 10.2 Å². The molecule has 0 aliphatic rings. The Bertz CT molecular complexity index is 354. The minimum absolute atomic E-state index is 0.0770. The molecule has 0 spiro atoms. The predicted octanol–water partition coefficient (Wildman–Crippen LogP) is 3.46. The number of rotatable bonds is 1. The zero-order chi connectivity index (χ0) is 10.2.